The highest BCUT2D eigenvalue weighted by atomic mass is 16.6. The Morgan fingerprint density at radius 1 is 1.48 bits per heavy atom. The van der Waals surface area contributed by atoms with Crippen molar-refractivity contribution in [3.63, 3.8) is 0 Å². The van der Waals surface area contributed by atoms with Crippen molar-refractivity contribution in [3.8, 4) is 0 Å². The highest BCUT2D eigenvalue weighted by molar-refractivity contribution is 5.68. The van der Waals surface area contributed by atoms with Gasteiger partial charge in [-0.3, -0.25) is 0 Å². The van der Waals surface area contributed by atoms with Gasteiger partial charge in [-0.15, -0.1) is 0 Å². The first kappa shape index (κ1) is 15.6. The molecule has 2 rings (SSSR count). The van der Waals surface area contributed by atoms with Gasteiger partial charge in [-0.1, -0.05) is 36.9 Å². The summed E-state index contributed by atoms with van der Waals surface area (Å²) in [5, 5.41) is 2.91. The van der Waals surface area contributed by atoms with Crippen LogP contribution in [-0.2, 0) is 15.9 Å². The number of rotatable bonds is 5. The number of hydrogen-bond donors (Lipinski definition) is 1. The molecule has 0 aromatic heterocycles. The fourth-order valence-electron chi connectivity index (χ4n) is 2.07. The molecule has 1 saturated heterocycles. The number of nitrogens with one attached hydrogen (secondary N) is 1. The zero-order valence-corrected chi connectivity index (χ0v) is 12.9. The predicted octanol–water partition coefficient (Wildman–Crippen LogP) is 3.16. The SMILES string of the molecule is C=Cc1ccc(C[C@H](NC(=O)OC(C)(C)C)[C@H]2CO2)cc1. The third-order valence-corrected chi connectivity index (χ3v) is 3.18. The summed E-state index contributed by atoms with van der Waals surface area (Å²) in [6, 6.07) is 8.06. The van der Waals surface area contributed by atoms with Crippen molar-refractivity contribution < 1.29 is 14.3 Å². The van der Waals surface area contributed by atoms with Gasteiger partial charge in [0, 0.05) is 0 Å². The highest BCUT2D eigenvalue weighted by Gasteiger charge is 2.34. The second-order valence-corrected chi connectivity index (χ2v) is 6.27. The number of hydrogen-bond acceptors (Lipinski definition) is 3. The lowest BCUT2D eigenvalue weighted by atomic mass is 10.0. The third kappa shape index (κ3) is 5.23. The van der Waals surface area contributed by atoms with Crippen LogP contribution in [-0.4, -0.2) is 30.4 Å². The Hall–Kier alpha value is -1.81. The number of ether oxygens (including phenoxy) is 2. The Bertz CT molecular complexity index is 498. The number of benzene rings is 1. The van der Waals surface area contributed by atoms with E-state index in [1.54, 1.807) is 0 Å². The molecule has 0 unspecified atom stereocenters. The molecular weight excluding hydrogens is 266 g/mol. The number of carbonyl (C=O) groups is 1. The van der Waals surface area contributed by atoms with E-state index in [-0.39, 0.29) is 12.1 Å². The Labute approximate surface area is 126 Å². The van der Waals surface area contributed by atoms with Gasteiger partial charge < -0.3 is 14.8 Å². The average molecular weight is 289 g/mol. The molecule has 4 heteroatoms. The molecule has 1 fully saturated rings. The second kappa shape index (κ2) is 6.31. The van der Waals surface area contributed by atoms with Crippen molar-refractivity contribution in [2.24, 2.45) is 0 Å². The van der Waals surface area contributed by atoms with Gasteiger partial charge in [0.15, 0.2) is 0 Å². The van der Waals surface area contributed by atoms with E-state index in [1.165, 1.54) is 0 Å². The molecule has 0 saturated carbocycles. The van der Waals surface area contributed by atoms with Crippen molar-refractivity contribution in [3.05, 3.63) is 42.0 Å². The largest absolute Gasteiger partial charge is 0.444 e. The Balaban J connectivity index is 1.95. The van der Waals surface area contributed by atoms with Gasteiger partial charge in [0.1, 0.15) is 11.7 Å². The molecule has 1 aliphatic heterocycles. The molecule has 4 nitrogen and oxygen atoms in total. The lowest BCUT2D eigenvalue weighted by Crippen LogP contribution is -2.43. The average Bonchev–Trinajstić information content (AvgIpc) is 3.21. The molecule has 1 aliphatic rings. The van der Waals surface area contributed by atoms with Gasteiger partial charge in [-0.05, 0) is 38.3 Å². The molecule has 0 radical (unpaired) electrons. The van der Waals surface area contributed by atoms with Crippen LogP contribution < -0.4 is 5.32 Å². The maximum atomic E-state index is 11.9. The van der Waals surface area contributed by atoms with E-state index in [1.807, 2.05) is 51.1 Å². The Morgan fingerprint density at radius 2 is 2.10 bits per heavy atom. The van der Waals surface area contributed by atoms with E-state index < -0.39 is 11.7 Å². The van der Waals surface area contributed by atoms with Crippen molar-refractivity contribution in [1.29, 1.82) is 0 Å². The summed E-state index contributed by atoms with van der Waals surface area (Å²) in [6.45, 7) is 9.98. The first-order valence-corrected chi connectivity index (χ1v) is 7.20. The molecule has 0 bridgehead atoms. The molecule has 1 heterocycles. The second-order valence-electron chi connectivity index (χ2n) is 6.27. The molecule has 1 aromatic carbocycles. The lowest BCUT2D eigenvalue weighted by Gasteiger charge is -2.23. The van der Waals surface area contributed by atoms with E-state index in [0.717, 1.165) is 17.5 Å². The first-order valence-electron chi connectivity index (χ1n) is 7.20. The van der Waals surface area contributed by atoms with Crippen molar-refractivity contribution >= 4 is 12.2 Å². The summed E-state index contributed by atoms with van der Waals surface area (Å²) in [6.07, 6.45) is 2.22. The topological polar surface area (TPSA) is 50.9 Å². The standard InChI is InChI=1S/C17H23NO3/c1-5-12-6-8-13(9-7-12)10-14(15-11-20-15)18-16(19)21-17(2,3)4/h5-9,14-15H,1,10-11H2,2-4H3,(H,18,19)/t14-,15+/m0/s1. The lowest BCUT2D eigenvalue weighted by molar-refractivity contribution is 0.0495. The smallest absolute Gasteiger partial charge is 0.407 e. The zero-order valence-electron chi connectivity index (χ0n) is 12.9. The fraction of sp³-hybridized carbons (Fsp3) is 0.471. The van der Waals surface area contributed by atoms with Crippen molar-refractivity contribution in [2.75, 3.05) is 6.61 Å². The van der Waals surface area contributed by atoms with E-state index in [9.17, 15) is 4.79 Å². The van der Waals surface area contributed by atoms with Crippen LogP contribution >= 0.6 is 0 Å². The molecule has 0 aliphatic carbocycles. The highest BCUT2D eigenvalue weighted by Crippen LogP contribution is 2.19. The molecular formula is C17H23NO3. The van der Waals surface area contributed by atoms with Gasteiger partial charge in [0.05, 0.1) is 12.6 Å². The van der Waals surface area contributed by atoms with Crippen LogP contribution in [0.2, 0.25) is 0 Å². The molecule has 2 atom stereocenters. The summed E-state index contributed by atoms with van der Waals surface area (Å²) >= 11 is 0. The molecule has 1 amide bonds. The van der Waals surface area contributed by atoms with Crippen molar-refractivity contribution in [2.45, 2.75) is 44.9 Å². The Kier molecular flexibility index (Phi) is 4.68. The predicted molar refractivity (Wildman–Crippen MR) is 83.1 cm³/mol. The molecule has 21 heavy (non-hydrogen) atoms. The number of amides is 1. The van der Waals surface area contributed by atoms with E-state index in [4.69, 9.17) is 9.47 Å². The summed E-state index contributed by atoms with van der Waals surface area (Å²) in [5.41, 5.74) is 1.74. The first-order chi connectivity index (χ1) is 9.87. The van der Waals surface area contributed by atoms with Crippen LogP contribution in [0.25, 0.3) is 6.08 Å². The van der Waals surface area contributed by atoms with Gasteiger partial charge in [0.25, 0.3) is 0 Å². The van der Waals surface area contributed by atoms with Crippen LogP contribution in [0.1, 0.15) is 31.9 Å². The number of epoxide rings is 1. The normalized spacial score (nSPS) is 18.7. The molecule has 1 aromatic rings. The van der Waals surface area contributed by atoms with Crippen LogP contribution in [0, 0.1) is 0 Å². The maximum absolute atomic E-state index is 11.9. The van der Waals surface area contributed by atoms with Crippen LogP contribution in [0.5, 0.6) is 0 Å². The quantitative estimate of drug-likeness (QED) is 0.847. The van der Waals surface area contributed by atoms with Gasteiger partial charge in [-0.25, -0.2) is 4.79 Å². The zero-order chi connectivity index (χ0) is 15.5. The molecule has 1 N–H and O–H groups in total. The molecule has 0 spiro atoms. The van der Waals surface area contributed by atoms with E-state index in [0.29, 0.717) is 6.61 Å². The monoisotopic (exact) mass is 289 g/mol. The van der Waals surface area contributed by atoms with Crippen LogP contribution in [0.4, 0.5) is 4.79 Å². The minimum absolute atomic E-state index is 0.0607. The summed E-state index contributed by atoms with van der Waals surface area (Å²) in [4.78, 5) is 11.9. The Morgan fingerprint density at radius 3 is 2.57 bits per heavy atom. The van der Waals surface area contributed by atoms with Crippen molar-refractivity contribution in [1.82, 2.24) is 5.32 Å². The maximum Gasteiger partial charge on any atom is 0.407 e. The minimum atomic E-state index is -0.495. The third-order valence-electron chi connectivity index (χ3n) is 3.18. The summed E-state index contributed by atoms with van der Waals surface area (Å²) in [7, 11) is 0. The fourth-order valence-corrected chi connectivity index (χ4v) is 2.07. The molecule has 114 valence electrons. The van der Waals surface area contributed by atoms with Gasteiger partial charge in [-0.2, -0.15) is 0 Å². The number of carbonyl (C=O) groups excluding carboxylic acids is 1. The van der Waals surface area contributed by atoms with E-state index >= 15 is 0 Å². The summed E-state index contributed by atoms with van der Waals surface area (Å²) in [5.74, 6) is 0. The summed E-state index contributed by atoms with van der Waals surface area (Å²) < 4.78 is 10.6. The van der Waals surface area contributed by atoms with E-state index in [2.05, 4.69) is 11.9 Å². The van der Waals surface area contributed by atoms with Gasteiger partial charge in [0.2, 0.25) is 0 Å². The number of alkyl carbamates (subject to hydrolysis) is 1. The van der Waals surface area contributed by atoms with Gasteiger partial charge >= 0.3 is 6.09 Å². The van der Waals surface area contributed by atoms with Crippen LogP contribution in [0.15, 0.2) is 30.8 Å². The van der Waals surface area contributed by atoms with Crippen LogP contribution in [0.3, 0.4) is 0 Å². The minimum Gasteiger partial charge on any atom is -0.444 e.